The largest absolute Gasteiger partial charge is 0.489 e. The number of ether oxygens (including phenoxy) is 2. The van der Waals surface area contributed by atoms with Crippen LogP contribution in [0.25, 0.3) is 0 Å². The highest BCUT2D eigenvalue weighted by Gasteiger charge is 2.26. The monoisotopic (exact) mass is 270 g/mol. The van der Waals surface area contributed by atoms with Gasteiger partial charge in [0.1, 0.15) is 12.4 Å². The van der Waals surface area contributed by atoms with Crippen LogP contribution in [0, 0.1) is 11.8 Å². The summed E-state index contributed by atoms with van der Waals surface area (Å²) in [5.74, 6) is 2.23. The average molecular weight is 271 g/mol. The minimum Gasteiger partial charge on any atom is -0.489 e. The first-order chi connectivity index (χ1) is 8.60. The van der Waals surface area contributed by atoms with Crippen molar-refractivity contribution >= 4 is 11.6 Å². The number of aromatic nitrogens is 2. The van der Waals surface area contributed by atoms with Gasteiger partial charge in [-0.3, -0.25) is 0 Å². The average Bonchev–Trinajstić information content (AvgIpc) is 2.27. The van der Waals surface area contributed by atoms with Crippen LogP contribution in [0.4, 0.5) is 0 Å². The Morgan fingerprint density at radius 2 is 1.83 bits per heavy atom. The van der Waals surface area contributed by atoms with Crippen LogP contribution in [0.15, 0.2) is 6.33 Å². The minimum atomic E-state index is 0.184. The number of hydrogen-bond acceptors (Lipinski definition) is 4. The van der Waals surface area contributed by atoms with Crippen LogP contribution in [0.5, 0.6) is 11.6 Å². The van der Waals surface area contributed by atoms with Crippen molar-refractivity contribution in [2.24, 2.45) is 11.8 Å². The molecule has 1 aromatic rings. The molecular weight excluding hydrogens is 252 g/mol. The van der Waals surface area contributed by atoms with E-state index < -0.39 is 0 Å². The summed E-state index contributed by atoms with van der Waals surface area (Å²) >= 11 is 5.95. The number of hydrogen-bond donors (Lipinski definition) is 0. The molecule has 2 atom stereocenters. The fraction of sp³-hybridized carbons (Fsp3) is 0.692. The Bertz CT molecular complexity index is 404. The molecule has 0 spiro atoms. The highest BCUT2D eigenvalue weighted by molar-refractivity contribution is 6.31. The molecule has 1 aliphatic rings. The lowest BCUT2D eigenvalue weighted by Gasteiger charge is -2.31. The van der Waals surface area contributed by atoms with Crippen molar-refractivity contribution < 1.29 is 9.47 Å². The molecule has 1 heterocycles. The summed E-state index contributed by atoms with van der Waals surface area (Å²) in [6.45, 7) is 4.52. The second-order valence-electron chi connectivity index (χ2n) is 5.16. The van der Waals surface area contributed by atoms with E-state index in [1.165, 1.54) is 12.7 Å². The van der Waals surface area contributed by atoms with Crippen LogP contribution >= 0.6 is 11.6 Å². The molecule has 2 unspecified atom stereocenters. The fourth-order valence-electron chi connectivity index (χ4n) is 2.72. The van der Waals surface area contributed by atoms with Crippen molar-refractivity contribution in [1.82, 2.24) is 9.97 Å². The lowest BCUT2D eigenvalue weighted by Crippen LogP contribution is -2.29. The van der Waals surface area contributed by atoms with E-state index in [0.29, 0.717) is 28.6 Å². The molecule has 0 bridgehead atoms. The zero-order valence-corrected chi connectivity index (χ0v) is 11.8. The number of rotatable bonds is 3. The van der Waals surface area contributed by atoms with E-state index in [1.807, 2.05) is 0 Å². The summed E-state index contributed by atoms with van der Waals surface area (Å²) in [7, 11) is 1.55. The van der Waals surface area contributed by atoms with Gasteiger partial charge in [-0.2, -0.15) is 4.98 Å². The molecular formula is C13H19ClN2O2. The molecule has 0 radical (unpaired) electrons. The smallest absolute Gasteiger partial charge is 0.262 e. The van der Waals surface area contributed by atoms with Crippen LogP contribution in [-0.4, -0.2) is 23.2 Å². The zero-order valence-electron chi connectivity index (χ0n) is 11.0. The van der Waals surface area contributed by atoms with Crippen LogP contribution in [-0.2, 0) is 0 Å². The van der Waals surface area contributed by atoms with Crippen LogP contribution in [0.3, 0.4) is 0 Å². The van der Waals surface area contributed by atoms with E-state index in [9.17, 15) is 0 Å². The van der Waals surface area contributed by atoms with Gasteiger partial charge < -0.3 is 9.47 Å². The van der Waals surface area contributed by atoms with Gasteiger partial charge in [0.05, 0.1) is 7.11 Å². The molecule has 0 aliphatic heterocycles. The Balaban J connectivity index is 2.11. The molecule has 1 aromatic heterocycles. The summed E-state index contributed by atoms with van der Waals surface area (Å²) in [4.78, 5) is 7.99. The predicted octanol–water partition coefficient (Wildman–Crippen LogP) is 3.34. The maximum atomic E-state index is 5.95. The molecule has 0 aromatic carbocycles. The normalized spacial score (nSPS) is 27.9. The molecule has 0 saturated heterocycles. The number of methoxy groups -OCH3 is 1. The van der Waals surface area contributed by atoms with Gasteiger partial charge in [0.2, 0.25) is 5.75 Å². The molecule has 4 nitrogen and oxygen atoms in total. The van der Waals surface area contributed by atoms with E-state index in [1.54, 1.807) is 7.11 Å². The first kappa shape index (κ1) is 13.4. The summed E-state index contributed by atoms with van der Waals surface area (Å²) in [6, 6.07) is 0. The SMILES string of the molecule is COc1c(Cl)ncnc1OC1CC(C)CC(C)C1. The van der Waals surface area contributed by atoms with Crippen molar-refractivity contribution in [2.75, 3.05) is 7.11 Å². The summed E-state index contributed by atoms with van der Waals surface area (Å²) < 4.78 is 11.1. The second kappa shape index (κ2) is 5.74. The van der Waals surface area contributed by atoms with Crippen molar-refractivity contribution in [3.63, 3.8) is 0 Å². The van der Waals surface area contributed by atoms with Crippen LogP contribution in [0.1, 0.15) is 33.1 Å². The predicted molar refractivity (Wildman–Crippen MR) is 70.2 cm³/mol. The van der Waals surface area contributed by atoms with Crippen molar-refractivity contribution in [1.29, 1.82) is 0 Å². The quantitative estimate of drug-likeness (QED) is 0.790. The summed E-state index contributed by atoms with van der Waals surface area (Å²) in [5, 5.41) is 0.291. The Hall–Kier alpha value is -1.03. The zero-order chi connectivity index (χ0) is 13.1. The first-order valence-corrected chi connectivity index (χ1v) is 6.69. The van der Waals surface area contributed by atoms with Gasteiger partial charge in [-0.15, -0.1) is 0 Å². The van der Waals surface area contributed by atoms with Gasteiger partial charge >= 0.3 is 0 Å². The summed E-state index contributed by atoms with van der Waals surface area (Å²) in [6.07, 6.45) is 4.95. The maximum absolute atomic E-state index is 5.95. The highest BCUT2D eigenvalue weighted by atomic mass is 35.5. The second-order valence-corrected chi connectivity index (χ2v) is 5.52. The lowest BCUT2D eigenvalue weighted by atomic mass is 9.82. The van der Waals surface area contributed by atoms with E-state index >= 15 is 0 Å². The molecule has 1 fully saturated rings. The molecule has 100 valence electrons. The third-order valence-corrected chi connectivity index (χ3v) is 3.61. The van der Waals surface area contributed by atoms with Crippen molar-refractivity contribution in [3.05, 3.63) is 11.5 Å². The Morgan fingerprint density at radius 1 is 1.17 bits per heavy atom. The first-order valence-electron chi connectivity index (χ1n) is 6.31. The van der Waals surface area contributed by atoms with Crippen molar-refractivity contribution in [2.45, 2.75) is 39.2 Å². The Morgan fingerprint density at radius 3 is 2.44 bits per heavy atom. The third-order valence-electron chi connectivity index (χ3n) is 3.35. The maximum Gasteiger partial charge on any atom is 0.262 e. The van der Waals surface area contributed by atoms with Gasteiger partial charge in [-0.25, -0.2) is 4.98 Å². The molecule has 0 N–H and O–H groups in total. The Labute approximate surface area is 113 Å². The third kappa shape index (κ3) is 3.05. The van der Waals surface area contributed by atoms with Gasteiger partial charge in [0.15, 0.2) is 5.15 Å². The minimum absolute atomic E-state index is 0.184. The Kier molecular flexibility index (Phi) is 4.27. The highest BCUT2D eigenvalue weighted by Crippen LogP contribution is 2.35. The van der Waals surface area contributed by atoms with Gasteiger partial charge in [0.25, 0.3) is 5.88 Å². The van der Waals surface area contributed by atoms with Gasteiger partial charge in [-0.05, 0) is 31.1 Å². The van der Waals surface area contributed by atoms with Crippen LogP contribution in [0.2, 0.25) is 5.15 Å². The van der Waals surface area contributed by atoms with E-state index in [0.717, 1.165) is 12.8 Å². The molecule has 0 amide bonds. The fourth-order valence-corrected chi connectivity index (χ4v) is 2.92. The van der Waals surface area contributed by atoms with E-state index in [-0.39, 0.29) is 6.10 Å². The van der Waals surface area contributed by atoms with Gasteiger partial charge in [-0.1, -0.05) is 25.4 Å². The molecule has 1 aliphatic carbocycles. The van der Waals surface area contributed by atoms with E-state index in [4.69, 9.17) is 21.1 Å². The molecule has 2 rings (SSSR count). The molecule has 18 heavy (non-hydrogen) atoms. The summed E-state index contributed by atoms with van der Waals surface area (Å²) in [5.41, 5.74) is 0. The lowest BCUT2D eigenvalue weighted by molar-refractivity contribution is 0.0932. The topological polar surface area (TPSA) is 44.2 Å². The van der Waals surface area contributed by atoms with Gasteiger partial charge in [0, 0.05) is 0 Å². The van der Waals surface area contributed by atoms with Crippen molar-refractivity contribution in [3.8, 4) is 11.6 Å². The number of halogens is 1. The van der Waals surface area contributed by atoms with E-state index in [2.05, 4.69) is 23.8 Å². The molecule has 1 saturated carbocycles. The number of nitrogens with zero attached hydrogens (tertiary/aromatic N) is 2. The molecule has 5 heteroatoms. The standard InChI is InChI=1S/C13H19ClN2O2/c1-8-4-9(2)6-10(5-8)18-13-11(17-3)12(14)15-7-16-13/h7-10H,4-6H2,1-3H3. The van der Waals surface area contributed by atoms with Crippen LogP contribution < -0.4 is 9.47 Å².